The Morgan fingerprint density at radius 1 is 0.880 bits per heavy atom. The van der Waals surface area contributed by atoms with Gasteiger partial charge in [0.25, 0.3) is 0 Å². The first-order chi connectivity index (χ1) is 12.2. The average molecular weight is 393 g/mol. The van der Waals surface area contributed by atoms with Crippen molar-refractivity contribution in [3.8, 4) is 17.0 Å². The monoisotopic (exact) mass is 392 g/mol. The topological polar surface area (TPSA) is 73.6 Å². The van der Waals surface area contributed by atoms with Crippen molar-refractivity contribution >= 4 is 38.2 Å². The number of hydrogen-bond donors (Lipinski definition) is 2. The fraction of sp³-hybridized carbons (Fsp3) is 0. The zero-order valence-corrected chi connectivity index (χ0v) is 14.6. The van der Waals surface area contributed by atoms with Crippen molar-refractivity contribution in [1.29, 1.82) is 0 Å². The fourth-order valence-corrected chi connectivity index (χ4v) is 3.11. The third-order valence-electron chi connectivity index (χ3n) is 3.88. The van der Waals surface area contributed by atoms with E-state index in [0.29, 0.717) is 11.5 Å². The van der Waals surface area contributed by atoms with Crippen molar-refractivity contribution in [2.45, 2.75) is 0 Å². The van der Waals surface area contributed by atoms with Crippen LogP contribution in [-0.2, 0) is 0 Å². The Bertz CT molecular complexity index is 1070. The van der Waals surface area contributed by atoms with Gasteiger partial charge in [0.15, 0.2) is 0 Å². The summed E-state index contributed by atoms with van der Waals surface area (Å²) in [7, 11) is 0. The van der Waals surface area contributed by atoms with E-state index in [9.17, 15) is 5.11 Å². The van der Waals surface area contributed by atoms with Crippen molar-refractivity contribution in [3.05, 3.63) is 71.2 Å². The predicted octanol–water partition coefficient (Wildman–Crippen LogP) is 6.11. The summed E-state index contributed by atoms with van der Waals surface area (Å²) in [5.74, 6) is 0.503. The smallest absolute Gasteiger partial charge is 0.210 e. The molecule has 25 heavy (non-hydrogen) atoms. The quantitative estimate of drug-likeness (QED) is 0.412. The lowest BCUT2D eigenvalue weighted by atomic mass is 10.1. The number of phenols is 1. The van der Waals surface area contributed by atoms with Crippen molar-refractivity contribution in [2.75, 3.05) is 0 Å². The van der Waals surface area contributed by atoms with Gasteiger partial charge in [-0.15, -0.1) is 10.2 Å². The van der Waals surface area contributed by atoms with Crippen LogP contribution in [0.3, 0.4) is 0 Å². The highest BCUT2D eigenvalue weighted by molar-refractivity contribution is 9.10. The number of H-pyrrole nitrogens is 1. The third kappa shape index (κ3) is 2.92. The minimum absolute atomic E-state index is 0.0809. The molecule has 4 rings (SSSR count). The van der Waals surface area contributed by atoms with Crippen molar-refractivity contribution < 1.29 is 5.11 Å². The Labute approximate surface area is 152 Å². The summed E-state index contributed by atoms with van der Waals surface area (Å²) in [4.78, 5) is 0. The van der Waals surface area contributed by atoms with E-state index in [0.717, 1.165) is 26.5 Å². The number of azo groups is 1. The van der Waals surface area contributed by atoms with Gasteiger partial charge in [0.1, 0.15) is 11.4 Å². The van der Waals surface area contributed by atoms with Gasteiger partial charge in [-0.05, 0) is 27.4 Å². The molecule has 1 aromatic heterocycles. The summed E-state index contributed by atoms with van der Waals surface area (Å²) in [6, 6.07) is 21.0. The SMILES string of the molecule is Oc1ccc2ccccc2c1N=Nc1n[nH]c(-c2ccccc2)c1Br. The number of hydrogen-bond acceptors (Lipinski definition) is 4. The average Bonchev–Trinajstić information content (AvgIpc) is 3.02. The lowest BCUT2D eigenvalue weighted by Crippen LogP contribution is -1.77. The van der Waals surface area contributed by atoms with Gasteiger partial charge < -0.3 is 5.11 Å². The Hall–Kier alpha value is -2.99. The number of halogens is 1. The molecule has 6 heteroatoms. The zero-order valence-electron chi connectivity index (χ0n) is 13.0. The zero-order chi connectivity index (χ0) is 17.2. The molecule has 0 aliphatic carbocycles. The summed E-state index contributed by atoms with van der Waals surface area (Å²) in [5, 5.41) is 27.6. The van der Waals surface area contributed by atoms with Crippen LogP contribution in [0.2, 0.25) is 0 Å². The molecule has 0 bridgehead atoms. The molecule has 0 fully saturated rings. The molecule has 5 nitrogen and oxygen atoms in total. The van der Waals surface area contributed by atoms with Gasteiger partial charge in [-0.25, -0.2) is 0 Å². The van der Waals surface area contributed by atoms with Crippen LogP contribution >= 0.6 is 15.9 Å². The molecule has 0 spiro atoms. The van der Waals surface area contributed by atoms with E-state index in [4.69, 9.17) is 0 Å². The summed E-state index contributed by atoms with van der Waals surface area (Å²) in [6.07, 6.45) is 0. The van der Waals surface area contributed by atoms with E-state index in [2.05, 4.69) is 36.4 Å². The molecule has 0 saturated carbocycles. The molecule has 0 atom stereocenters. The molecule has 2 N–H and O–H groups in total. The van der Waals surface area contributed by atoms with Crippen LogP contribution in [0.1, 0.15) is 0 Å². The van der Waals surface area contributed by atoms with Gasteiger partial charge >= 0.3 is 0 Å². The summed E-state index contributed by atoms with van der Waals surface area (Å²) >= 11 is 3.52. The van der Waals surface area contributed by atoms with Crippen LogP contribution in [-0.4, -0.2) is 15.3 Å². The molecule has 122 valence electrons. The molecular weight excluding hydrogens is 380 g/mol. The number of nitrogens with one attached hydrogen (secondary N) is 1. The minimum Gasteiger partial charge on any atom is -0.506 e. The Morgan fingerprint density at radius 2 is 1.64 bits per heavy atom. The van der Waals surface area contributed by atoms with Crippen LogP contribution in [0.4, 0.5) is 11.5 Å². The van der Waals surface area contributed by atoms with Crippen LogP contribution in [0, 0.1) is 0 Å². The number of benzene rings is 3. The number of fused-ring (bicyclic) bond motifs is 1. The predicted molar refractivity (Wildman–Crippen MR) is 102 cm³/mol. The van der Waals surface area contributed by atoms with E-state index in [1.165, 1.54) is 0 Å². The maximum Gasteiger partial charge on any atom is 0.210 e. The van der Waals surface area contributed by atoms with E-state index < -0.39 is 0 Å². The van der Waals surface area contributed by atoms with Crippen molar-refractivity contribution in [3.63, 3.8) is 0 Å². The first-order valence-corrected chi connectivity index (χ1v) is 8.45. The lowest BCUT2D eigenvalue weighted by Gasteiger charge is -2.03. The fourth-order valence-electron chi connectivity index (χ4n) is 2.63. The highest BCUT2D eigenvalue weighted by Crippen LogP contribution is 2.38. The number of phenolic OH excluding ortho intramolecular Hbond substituents is 1. The Kier molecular flexibility index (Phi) is 4.03. The normalized spacial score (nSPS) is 11.4. The van der Waals surface area contributed by atoms with E-state index >= 15 is 0 Å². The second-order valence-electron chi connectivity index (χ2n) is 5.46. The first-order valence-electron chi connectivity index (χ1n) is 7.66. The molecule has 0 amide bonds. The number of aromatic hydroxyl groups is 1. The largest absolute Gasteiger partial charge is 0.506 e. The molecule has 4 aromatic rings. The molecular formula is C19H13BrN4O. The van der Waals surface area contributed by atoms with Crippen LogP contribution in [0.5, 0.6) is 5.75 Å². The molecule has 3 aromatic carbocycles. The molecule has 0 aliphatic heterocycles. The van der Waals surface area contributed by atoms with Crippen LogP contribution in [0.15, 0.2) is 81.4 Å². The lowest BCUT2D eigenvalue weighted by molar-refractivity contribution is 0.477. The van der Waals surface area contributed by atoms with Gasteiger partial charge in [0.2, 0.25) is 5.82 Å². The van der Waals surface area contributed by atoms with E-state index in [-0.39, 0.29) is 5.75 Å². The van der Waals surface area contributed by atoms with Gasteiger partial charge in [0, 0.05) is 10.9 Å². The minimum atomic E-state index is 0.0809. The third-order valence-corrected chi connectivity index (χ3v) is 4.63. The second-order valence-corrected chi connectivity index (χ2v) is 6.25. The maximum atomic E-state index is 10.1. The Morgan fingerprint density at radius 3 is 2.48 bits per heavy atom. The summed E-state index contributed by atoms with van der Waals surface area (Å²) < 4.78 is 0.724. The molecule has 0 aliphatic rings. The molecule has 1 heterocycles. The van der Waals surface area contributed by atoms with Gasteiger partial charge in [-0.2, -0.15) is 5.10 Å². The van der Waals surface area contributed by atoms with Crippen molar-refractivity contribution in [1.82, 2.24) is 10.2 Å². The highest BCUT2D eigenvalue weighted by atomic mass is 79.9. The highest BCUT2D eigenvalue weighted by Gasteiger charge is 2.12. The number of nitrogens with zero attached hydrogens (tertiary/aromatic N) is 3. The van der Waals surface area contributed by atoms with E-state index in [1.54, 1.807) is 6.07 Å². The second kappa shape index (κ2) is 6.49. The number of aromatic amines is 1. The number of rotatable bonds is 3. The first kappa shape index (κ1) is 15.5. The van der Waals surface area contributed by atoms with E-state index in [1.807, 2.05) is 60.7 Å². The van der Waals surface area contributed by atoms with Gasteiger partial charge in [-0.1, -0.05) is 60.7 Å². The van der Waals surface area contributed by atoms with Crippen LogP contribution in [0.25, 0.3) is 22.0 Å². The summed E-state index contributed by atoms with van der Waals surface area (Å²) in [5.41, 5.74) is 2.25. The van der Waals surface area contributed by atoms with Gasteiger partial charge in [0.05, 0.1) is 10.2 Å². The standard InChI is InChI=1S/C19H13BrN4O/c20-16-17(13-7-2-1-3-8-13)21-23-19(16)24-22-18-14-9-5-4-6-12(14)10-11-15(18)25/h1-11,25H,(H,21,23). The van der Waals surface area contributed by atoms with Crippen LogP contribution < -0.4 is 0 Å². The van der Waals surface area contributed by atoms with Crippen molar-refractivity contribution in [2.24, 2.45) is 10.2 Å². The summed E-state index contributed by atoms with van der Waals surface area (Å²) in [6.45, 7) is 0. The molecule has 0 saturated heterocycles. The molecule has 0 radical (unpaired) electrons. The maximum absolute atomic E-state index is 10.1. The number of aromatic nitrogens is 2. The Balaban J connectivity index is 1.75. The van der Waals surface area contributed by atoms with Gasteiger partial charge in [-0.3, -0.25) is 5.10 Å². The molecule has 0 unspecified atom stereocenters.